The summed E-state index contributed by atoms with van der Waals surface area (Å²) in [5.74, 6) is 0.151. The van der Waals surface area contributed by atoms with Crippen molar-refractivity contribution in [1.29, 1.82) is 0 Å². The first-order chi connectivity index (χ1) is 14.1. The molecule has 0 unspecified atom stereocenters. The summed E-state index contributed by atoms with van der Waals surface area (Å²) in [5.41, 5.74) is 5.20. The van der Waals surface area contributed by atoms with Crippen molar-refractivity contribution in [2.24, 2.45) is 0 Å². The van der Waals surface area contributed by atoms with Crippen molar-refractivity contribution < 1.29 is 4.79 Å². The molecule has 1 fully saturated rings. The number of nitrogens with zero attached hydrogens (tertiary/aromatic N) is 5. The van der Waals surface area contributed by atoms with Crippen LogP contribution in [0.1, 0.15) is 24.0 Å². The van der Waals surface area contributed by atoms with Gasteiger partial charge in [0.2, 0.25) is 11.1 Å². The fraction of sp³-hybridized carbons (Fsp3) is 0.333. The van der Waals surface area contributed by atoms with E-state index in [1.807, 2.05) is 38.1 Å². The highest BCUT2D eigenvalue weighted by Crippen LogP contribution is 2.23. The Labute approximate surface area is 174 Å². The highest BCUT2D eigenvalue weighted by Gasteiger charge is 2.14. The second-order valence-electron chi connectivity index (χ2n) is 7.24. The van der Waals surface area contributed by atoms with Crippen LogP contribution < -0.4 is 10.2 Å². The molecule has 1 aromatic heterocycles. The average Bonchev–Trinajstić information content (AvgIpc) is 3.39. The lowest BCUT2D eigenvalue weighted by molar-refractivity contribution is -0.113. The van der Waals surface area contributed by atoms with Crippen LogP contribution in [0.4, 0.5) is 11.4 Å². The molecule has 0 saturated carbocycles. The molecule has 2 heterocycles. The summed E-state index contributed by atoms with van der Waals surface area (Å²) in [4.78, 5) is 14.8. The van der Waals surface area contributed by atoms with Crippen molar-refractivity contribution in [3.63, 3.8) is 0 Å². The number of tetrazole rings is 1. The molecule has 2 aromatic carbocycles. The van der Waals surface area contributed by atoms with Gasteiger partial charge >= 0.3 is 0 Å². The molecule has 1 saturated heterocycles. The maximum absolute atomic E-state index is 12.4. The minimum atomic E-state index is -0.0842. The van der Waals surface area contributed by atoms with Crippen LogP contribution in [0.3, 0.4) is 0 Å². The molecule has 150 valence electrons. The van der Waals surface area contributed by atoms with Crippen molar-refractivity contribution in [3.8, 4) is 5.69 Å². The number of thioether (sulfide) groups is 1. The molecule has 7 nitrogen and oxygen atoms in total. The molecule has 0 spiro atoms. The van der Waals surface area contributed by atoms with E-state index in [0.717, 1.165) is 30.0 Å². The summed E-state index contributed by atoms with van der Waals surface area (Å²) in [5, 5.41) is 15.5. The second kappa shape index (κ2) is 8.65. The van der Waals surface area contributed by atoms with Crippen LogP contribution in [-0.2, 0) is 4.79 Å². The Bertz CT molecular complexity index is 995. The first kappa shape index (κ1) is 19.4. The largest absolute Gasteiger partial charge is 0.372 e. The maximum Gasteiger partial charge on any atom is 0.234 e. The monoisotopic (exact) mass is 408 g/mol. The summed E-state index contributed by atoms with van der Waals surface area (Å²) in [6, 6.07) is 14.1. The van der Waals surface area contributed by atoms with Crippen molar-refractivity contribution in [2.75, 3.05) is 29.1 Å². The van der Waals surface area contributed by atoms with Crippen molar-refractivity contribution in [1.82, 2.24) is 20.2 Å². The normalized spacial score (nSPS) is 13.7. The van der Waals surface area contributed by atoms with E-state index in [-0.39, 0.29) is 11.7 Å². The number of benzene rings is 2. The summed E-state index contributed by atoms with van der Waals surface area (Å²) < 4.78 is 1.68. The summed E-state index contributed by atoms with van der Waals surface area (Å²) in [6.07, 6.45) is 2.49. The number of aryl methyl sites for hydroxylation is 2. The zero-order valence-electron chi connectivity index (χ0n) is 16.6. The van der Waals surface area contributed by atoms with E-state index in [0.29, 0.717) is 5.16 Å². The maximum atomic E-state index is 12.4. The topological polar surface area (TPSA) is 75.9 Å². The Morgan fingerprint density at radius 2 is 1.86 bits per heavy atom. The molecule has 1 N–H and O–H groups in total. The van der Waals surface area contributed by atoms with Crippen LogP contribution in [0.25, 0.3) is 5.69 Å². The van der Waals surface area contributed by atoms with Crippen molar-refractivity contribution in [2.45, 2.75) is 31.8 Å². The number of nitrogens with one attached hydrogen (secondary N) is 1. The van der Waals surface area contributed by atoms with Crippen LogP contribution in [0.15, 0.2) is 47.6 Å². The van der Waals surface area contributed by atoms with Crippen LogP contribution >= 0.6 is 11.8 Å². The van der Waals surface area contributed by atoms with Gasteiger partial charge in [0.25, 0.3) is 0 Å². The van der Waals surface area contributed by atoms with Crippen LogP contribution in [0.5, 0.6) is 0 Å². The minimum absolute atomic E-state index is 0.0842. The van der Waals surface area contributed by atoms with Gasteiger partial charge in [-0.25, -0.2) is 0 Å². The SMILES string of the molecule is Cc1ccc(-n2nnnc2SCC(=O)Nc2ccc(N3CCCC3)cc2)c(C)c1. The Morgan fingerprint density at radius 1 is 1.10 bits per heavy atom. The predicted octanol–water partition coefficient (Wildman–Crippen LogP) is 3.61. The lowest BCUT2D eigenvalue weighted by Gasteiger charge is -2.17. The number of carbonyl (C=O) groups excluding carboxylic acids is 1. The Hall–Kier alpha value is -2.87. The second-order valence-corrected chi connectivity index (χ2v) is 8.18. The van der Waals surface area contributed by atoms with Crippen molar-refractivity contribution in [3.05, 3.63) is 53.6 Å². The fourth-order valence-corrected chi connectivity index (χ4v) is 4.20. The fourth-order valence-electron chi connectivity index (χ4n) is 3.52. The smallest absolute Gasteiger partial charge is 0.234 e. The average molecular weight is 409 g/mol. The van der Waals surface area contributed by atoms with Gasteiger partial charge in [-0.2, -0.15) is 4.68 Å². The first-order valence-corrected chi connectivity index (χ1v) is 10.7. The van der Waals surface area contributed by atoms with E-state index in [1.165, 1.54) is 35.9 Å². The summed E-state index contributed by atoms with van der Waals surface area (Å²) in [6.45, 7) is 6.29. The predicted molar refractivity (Wildman–Crippen MR) is 116 cm³/mol. The molecular weight excluding hydrogens is 384 g/mol. The molecule has 1 aliphatic heterocycles. The van der Waals surface area contributed by atoms with E-state index in [2.05, 4.69) is 43.9 Å². The molecule has 0 atom stereocenters. The van der Waals surface area contributed by atoms with Gasteiger partial charge in [-0.15, -0.1) is 5.10 Å². The number of hydrogen-bond acceptors (Lipinski definition) is 6. The molecular formula is C21H24N6OS. The van der Waals surface area contributed by atoms with Gasteiger partial charge in [-0.3, -0.25) is 4.79 Å². The van der Waals surface area contributed by atoms with Crippen LogP contribution in [0, 0.1) is 13.8 Å². The van der Waals surface area contributed by atoms with E-state index >= 15 is 0 Å². The van der Waals surface area contributed by atoms with E-state index < -0.39 is 0 Å². The molecule has 4 rings (SSSR count). The number of rotatable bonds is 6. The Balaban J connectivity index is 1.36. The third-order valence-electron chi connectivity index (χ3n) is 4.98. The molecule has 1 amide bonds. The summed E-state index contributed by atoms with van der Waals surface area (Å²) >= 11 is 1.32. The van der Waals surface area contributed by atoms with Gasteiger partial charge in [-0.05, 0) is 73.0 Å². The molecule has 29 heavy (non-hydrogen) atoms. The molecule has 8 heteroatoms. The highest BCUT2D eigenvalue weighted by atomic mass is 32.2. The lowest BCUT2D eigenvalue weighted by Crippen LogP contribution is -2.18. The molecule has 0 bridgehead atoms. The third-order valence-corrected chi connectivity index (χ3v) is 5.90. The third kappa shape index (κ3) is 4.59. The van der Waals surface area contributed by atoms with Crippen LogP contribution in [-0.4, -0.2) is 45.0 Å². The Morgan fingerprint density at radius 3 is 2.59 bits per heavy atom. The molecule has 3 aromatic rings. The van der Waals surface area contributed by atoms with E-state index in [1.54, 1.807) is 4.68 Å². The molecule has 0 aliphatic carbocycles. The quantitative estimate of drug-likeness (QED) is 0.628. The van der Waals surface area contributed by atoms with Gasteiger partial charge in [-0.1, -0.05) is 29.5 Å². The minimum Gasteiger partial charge on any atom is -0.372 e. The number of carbonyl (C=O) groups is 1. The first-order valence-electron chi connectivity index (χ1n) is 9.74. The van der Waals surface area contributed by atoms with Crippen LogP contribution in [0.2, 0.25) is 0 Å². The van der Waals surface area contributed by atoms with Gasteiger partial charge in [0.15, 0.2) is 0 Å². The van der Waals surface area contributed by atoms with Gasteiger partial charge in [0.05, 0.1) is 11.4 Å². The molecule has 0 radical (unpaired) electrons. The standard InChI is InChI=1S/C21H24N6OS/c1-15-5-10-19(16(2)13-15)27-21(23-24-25-27)29-14-20(28)22-17-6-8-18(9-7-17)26-11-3-4-12-26/h5-10,13H,3-4,11-12,14H2,1-2H3,(H,22,28). The summed E-state index contributed by atoms with van der Waals surface area (Å²) in [7, 11) is 0. The van der Waals surface area contributed by atoms with Gasteiger partial charge in [0.1, 0.15) is 0 Å². The number of hydrogen-bond donors (Lipinski definition) is 1. The van der Waals surface area contributed by atoms with Gasteiger partial charge < -0.3 is 10.2 Å². The van der Waals surface area contributed by atoms with Crippen molar-refractivity contribution >= 4 is 29.0 Å². The number of aromatic nitrogens is 4. The molecule has 1 aliphatic rings. The van der Waals surface area contributed by atoms with E-state index in [9.17, 15) is 4.79 Å². The van der Waals surface area contributed by atoms with E-state index in [4.69, 9.17) is 0 Å². The highest BCUT2D eigenvalue weighted by molar-refractivity contribution is 7.99. The number of anilines is 2. The van der Waals surface area contributed by atoms with Gasteiger partial charge in [0, 0.05) is 24.5 Å². The lowest BCUT2D eigenvalue weighted by atomic mass is 10.1. The zero-order valence-corrected chi connectivity index (χ0v) is 17.4. The number of amides is 1. The Kier molecular flexibility index (Phi) is 5.80. The zero-order chi connectivity index (χ0) is 20.2.